The number of halogens is 6. The maximum atomic E-state index is 13.4. The largest absolute Gasteiger partial charge is 0.437 e. The van der Waals surface area contributed by atoms with Gasteiger partial charge in [0.25, 0.3) is 0 Å². The van der Waals surface area contributed by atoms with Crippen LogP contribution in [0.4, 0.5) is 22.0 Å². The molecule has 1 aromatic carbocycles. The van der Waals surface area contributed by atoms with Crippen LogP contribution in [0.15, 0.2) is 28.9 Å². The van der Waals surface area contributed by atoms with Crippen molar-refractivity contribution in [3.63, 3.8) is 0 Å². The molecule has 112 valence electrons. The summed E-state index contributed by atoms with van der Waals surface area (Å²) in [6.45, 7) is 1.28. The van der Waals surface area contributed by atoms with Crippen molar-refractivity contribution < 1.29 is 26.7 Å². The van der Waals surface area contributed by atoms with Gasteiger partial charge in [-0.2, -0.15) is 13.2 Å². The first-order valence-corrected chi connectivity index (χ1v) is 6.34. The lowest BCUT2D eigenvalue weighted by Gasteiger charge is -2.12. The zero-order valence-electron chi connectivity index (χ0n) is 10.4. The quantitative estimate of drug-likeness (QED) is 0.677. The Morgan fingerprint density at radius 1 is 1.19 bits per heavy atom. The standard InChI is InChI=1S/C13H7BrF5NO/c1-6-10(3-2-9(15)11(6)16)21-12-8(14)4-7(5-20-12)13(17,18)19/h2-5H,1H3. The van der Waals surface area contributed by atoms with E-state index in [4.69, 9.17) is 4.74 Å². The lowest BCUT2D eigenvalue weighted by Crippen LogP contribution is -2.06. The molecule has 8 heteroatoms. The molecule has 0 saturated heterocycles. The van der Waals surface area contributed by atoms with Crippen LogP contribution in [0.3, 0.4) is 0 Å². The van der Waals surface area contributed by atoms with Crippen molar-refractivity contribution in [3.05, 3.63) is 51.6 Å². The third-order valence-corrected chi connectivity index (χ3v) is 3.20. The number of ether oxygens (including phenoxy) is 1. The van der Waals surface area contributed by atoms with Gasteiger partial charge in [-0.3, -0.25) is 0 Å². The van der Waals surface area contributed by atoms with E-state index in [2.05, 4.69) is 20.9 Å². The van der Waals surface area contributed by atoms with Crippen LogP contribution in [-0.2, 0) is 6.18 Å². The molecule has 2 aromatic rings. The molecule has 0 saturated carbocycles. The average molecular weight is 368 g/mol. The van der Waals surface area contributed by atoms with Crippen molar-refractivity contribution in [2.45, 2.75) is 13.1 Å². The number of alkyl halides is 3. The van der Waals surface area contributed by atoms with E-state index in [0.29, 0.717) is 6.20 Å². The van der Waals surface area contributed by atoms with Gasteiger partial charge in [-0.15, -0.1) is 0 Å². The van der Waals surface area contributed by atoms with Gasteiger partial charge in [0, 0.05) is 11.8 Å². The molecule has 1 heterocycles. The molecule has 0 atom stereocenters. The monoisotopic (exact) mass is 367 g/mol. The highest BCUT2D eigenvalue weighted by Gasteiger charge is 2.31. The summed E-state index contributed by atoms with van der Waals surface area (Å²) in [5.41, 5.74) is -1.06. The Labute approximate surface area is 124 Å². The lowest BCUT2D eigenvalue weighted by atomic mass is 10.2. The molecule has 0 aliphatic rings. The summed E-state index contributed by atoms with van der Waals surface area (Å²) < 4.78 is 69.0. The molecular formula is C13H7BrF5NO. The third kappa shape index (κ3) is 3.31. The van der Waals surface area contributed by atoms with Crippen LogP contribution in [0, 0.1) is 18.6 Å². The number of hydrogen-bond acceptors (Lipinski definition) is 2. The second-order valence-electron chi connectivity index (χ2n) is 4.10. The van der Waals surface area contributed by atoms with E-state index in [1.54, 1.807) is 0 Å². The fourth-order valence-corrected chi connectivity index (χ4v) is 1.93. The molecule has 0 spiro atoms. The molecule has 21 heavy (non-hydrogen) atoms. The van der Waals surface area contributed by atoms with E-state index < -0.39 is 23.4 Å². The van der Waals surface area contributed by atoms with E-state index in [1.165, 1.54) is 13.0 Å². The van der Waals surface area contributed by atoms with Gasteiger partial charge in [0.05, 0.1) is 10.0 Å². The molecule has 0 fully saturated rings. The number of hydrogen-bond donors (Lipinski definition) is 0. The molecule has 0 amide bonds. The van der Waals surface area contributed by atoms with Gasteiger partial charge in [-0.25, -0.2) is 13.8 Å². The molecule has 0 unspecified atom stereocenters. The van der Waals surface area contributed by atoms with Gasteiger partial charge in [-0.05, 0) is 41.1 Å². The molecule has 2 rings (SSSR count). The molecule has 0 bridgehead atoms. The Bertz CT molecular complexity index is 687. The first-order valence-electron chi connectivity index (χ1n) is 5.55. The number of pyridine rings is 1. The molecule has 0 aliphatic carbocycles. The zero-order chi connectivity index (χ0) is 15.8. The first kappa shape index (κ1) is 15.7. The minimum absolute atomic E-state index is 0.0399. The molecule has 0 radical (unpaired) electrons. The number of nitrogens with zero attached hydrogens (tertiary/aromatic N) is 1. The Hall–Kier alpha value is -1.70. The number of benzene rings is 1. The van der Waals surface area contributed by atoms with Crippen molar-refractivity contribution in [1.82, 2.24) is 4.98 Å². The maximum absolute atomic E-state index is 13.4. The molecule has 0 N–H and O–H groups in total. The van der Waals surface area contributed by atoms with E-state index in [-0.39, 0.29) is 21.7 Å². The summed E-state index contributed by atoms with van der Waals surface area (Å²) in [6.07, 6.45) is -3.94. The first-order chi connectivity index (χ1) is 9.70. The summed E-state index contributed by atoms with van der Waals surface area (Å²) in [7, 11) is 0. The van der Waals surface area contributed by atoms with Gasteiger partial charge in [-0.1, -0.05) is 0 Å². The fraction of sp³-hybridized carbons (Fsp3) is 0.154. The Morgan fingerprint density at radius 2 is 1.86 bits per heavy atom. The highest BCUT2D eigenvalue weighted by Crippen LogP contribution is 2.35. The van der Waals surface area contributed by atoms with E-state index in [0.717, 1.165) is 12.1 Å². The van der Waals surface area contributed by atoms with Crippen LogP contribution in [0.25, 0.3) is 0 Å². The van der Waals surface area contributed by atoms with Gasteiger partial charge < -0.3 is 4.74 Å². The average Bonchev–Trinajstić information content (AvgIpc) is 2.40. The molecule has 2 nitrogen and oxygen atoms in total. The van der Waals surface area contributed by atoms with Crippen molar-refractivity contribution in [2.75, 3.05) is 0 Å². The minimum atomic E-state index is -4.54. The number of aromatic nitrogens is 1. The van der Waals surface area contributed by atoms with E-state index in [1.807, 2.05) is 0 Å². The Kier molecular flexibility index (Phi) is 4.18. The third-order valence-electron chi connectivity index (χ3n) is 2.63. The zero-order valence-corrected chi connectivity index (χ0v) is 12.0. The van der Waals surface area contributed by atoms with E-state index in [9.17, 15) is 22.0 Å². The van der Waals surface area contributed by atoms with Crippen LogP contribution < -0.4 is 4.74 Å². The molecule has 0 aliphatic heterocycles. The normalized spacial score (nSPS) is 11.6. The van der Waals surface area contributed by atoms with Crippen LogP contribution in [0.1, 0.15) is 11.1 Å². The smallest absolute Gasteiger partial charge is 0.417 e. The topological polar surface area (TPSA) is 22.1 Å². The Morgan fingerprint density at radius 3 is 2.43 bits per heavy atom. The summed E-state index contributed by atoms with van der Waals surface area (Å²) in [5.74, 6) is -2.35. The van der Waals surface area contributed by atoms with Gasteiger partial charge in [0.15, 0.2) is 11.6 Å². The van der Waals surface area contributed by atoms with E-state index >= 15 is 0 Å². The van der Waals surface area contributed by atoms with Crippen molar-refractivity contribution >= 4 is 15.9 Å². The second-order valence-corrected chi connectivity index (χ2v) is 4.95. The minimum Gasteiger partial charge on any atom is -0.437 e. The predicted molar refractivity (Wildman–Crippen MR) is 68.1 cm³/mol. The summed E-state index contributed by atoms with van der Waals surface area (Å²) in [6, 6.07) is 2.81. The van der Waals surface area contributed by atoms with Gasteiger partial charge >= 0.3 is 6.18 Å². The Balaban J connectivity index is 2.35. The predicted octanol–water partition coefficient (Wildman–Crippen LogP) is 5.24. The fourth-order valence-electron chi connectivity index (χ4n) is 1.50. The molecule has 1 aromatic heterocycles. The van der Waals surface area contributed by atoms with Crippen molar-refractivity contribution in [3.8, 4) is 11.6 Å². The van der Waals surface area contributed by atoms with Gasteiger partial charge in [0.2, 0.25) is 5.88 Å². The summed E-state index contributed by atoms with van der Waals surface area (Å²) in [5, 5.41) is 0. The SMILES string of the molecule is Cc1c(Oc2ncc(C(F)(F)F)cc2Br)ccc(F)c1F. The van der Waals surface area contributed by atoms with Crippen LogP contribution in [0.5, 0.6) is 11.6 Å². The van der Waals surface area contributed by atoms with Crippen LogP contribution >= 0.6 is 15.9 Å². The summed E-state index contributed by atoms with van der Waals surface area (Å²) >= 11 is 2.90. The van der Waals surface area contributed by atoms with Crippen LogP contribution in [0.2, 0.25) is 0 Å². The highest BCUT2D eigenvalue weighted by atomic mass is 79.9. The lowest BCUT2D eigenvalue weighted by molar-refractivity contribution is -0.137. The van der Waals surface area contributed by atoms with Crippen LogP contribution in [-0.4, -0.2) is 4.98 Å². The van der Waals surface area contributed by atoms with Gasteiger partial charge in [0.1, 0.15) is 5.75 Å². The van der Waals surface area contributed by atoms with Crippen molar-refractivity contribution in [2.24, 2.45) is 0 Å². The summed E-state index contributed by atoms with van der Waals surface area (Å²) in [4.78, 5) is 3.53. The second kappa shape index (κ2) is 5.59. The maximum Gasteiger partial charge on any atom is 0.417 e. The molecular weight excluding hydrogens is 361 g/mol. The highest BCUT2D eigenvalue weighted by molar-refractivity contribution is 9.10. The number of rotatable bonds is 2. The van der Waals surface area contributed by atoms with Crippen molar-refractivity contribution in [1.29, 1.82) is 0 Å².